The molecule has 0 aliphatic rings. The fourth-order valence-electron chi connectivity index (χ4n) is 1.41. The second-order valence-electron chi connectivity index (χ2n) is 3.52. The van der Waals surface area contributed by atoms with Gasteiger partial charge in [0.1, 0.15) is 11.3 Å². The molecule has 0 unspecified atom stereocenters. The highest BCUT2D eigenvalue weighted by molar-refractivity contribution is 5.97. The normalized spacial score (nSPS) is 10.0. The van der Waals surface area contributed by atoms with Gasteiger partial charge in [0.2, 0.25) is 0 Å². The van der Waals surface area contributed by atoms with Crippen LogP contribution in [-0.4, -0.2) is 26.8 Å². The molecule has 0 radical (unpaired) electrons. The molecule has 1 aromatic carbocycles. The van der Waals surface area contributed by atoms with Crippen LogP contribution >= 0.6 is 0 Å². The summed E-state index contributed by atoms with van der Waals surface area (Å²) in [5, 5.41) is 0. The zero-order valence-electron chi connectivity index (χ0n) is 10.6. The fraction of sp³-hybridized carbons (Fsp3) is 0.417. The maximum Gasteiger partial charge on any atom is 0.343 e. The lowest BCUT2D eigenvalue weighted by atomic mass is 10.1. The van der Waals surface area contributed by atoms with Crippen molar-refractivity contribution < 1.29 is 23.4 Å². The molecule has 0 aliphatic heterocycles. The maximum absolute atomic E-state index is 14.0. The average molecular weight is 257 g/mol. The van der Waals surface area contributed by atoms with Crippen LogP contribution in [0.3, 0.4) is 0 Å². The third-order valence-corrected chi connectivity index (χ3v) is 2.31. The molecule has 100 valence electrons. The molecule has 6 heteroatoms. The second kappa shape index (κ2) is 6.09. The number of nitrogen functional groups attached to an aromatic ring is 1. The van der Waals surface area contributed by atoms with Gasteiger partial charge in [0.25, 0.3) is 0 Å². The third-order valence-electron chi connectivity index (χ3n) is 2.31. The van der Waals surface area contributed by atoms with E-state index in [4.69, 9.17) is 19.9 Å². The van der Waals surface area contributed by atoms with E-state index in [9.17, 15) is 9.18 Å². The summed E-state index contributed by atoms with van der Waals surface area (Å²) in [6, 6.07) is 1.28. The molecule has 0 saturated heterocycles. The number of halogens is 1. The van der Waals surface area contributed by atoms with E-state index in [1.54, 1.807) is 0 Å². The first-order chi connectivity index (χ1) is 8.56. The number of carbonyl (C=O) groups is 1. The molecule has 0 amide bonds. The summed E-state index contributed by atoms with van der Waals surface area (Å²) < 4.78 is 28.6. The molecule has 0 bridgehead atoms. The Kier molecular flexibility index (Phi) is 4.76. The number of esters is 1. The van der Waals surface area contributed by atoms with Crippen molar-refractivity contribution in [3.8, 4) is 11.5 Å². The van der Waals surface area contributed by atoms with Crippen LogP contribution in [0.25, 0.3) is 0 Å². The molecule has 0 spiro atoms. The number of anilines is 1. The minimum atomic E-state index is -0.850. The molecular formula is C12H16FNO4. The van der Waals surface area contributed by atoms with Crippen molar-refractivity contribution in [1.82, 2.24) is 0 Å². The van der Waals surface area contributed by atoms with Crippen LogP contribution in [0.2, 0.25) is 0 Å². The molecule has 1 rings (SSSR count). The minimum Gasteiger partial charge on any atom is -0.494 e. The number of methoxy groups -OCH3 is 2. The monoisotopic (exact) mass is 257 g/mol. The number of carbonyl (C=O) groups excluding carboxylic acids is 1. The van der Waals surface area contributed by atoms with Gasteiger partial charge in [-0.1, -0.05) is 6.92 Å². The van der Waals surface area contributed by atoms with Gasteiger partial charge in [-0.05, 0) is 6.42 Å². The Balaban J connectivity index is 3.27. The van der Waals surface area contributed by atoms with Gasteiger partial charge in [0.05, 0.1) is 26.5 Å². The highest BCUT2D eigenvalue weighted by Crippen LogP contribution is 2.34. The predicted molar refractivity (Wildman–Crippen MR) is 64.5 cm³/mol. The van der Waals surface area contributed by atoms with E-state index in [1.165, 1.54) is 20.3 Å². The molecule has 0 aromatic heterocycles. The Labute approximate surface area is 105 Å². The van der Waals surface area contributed by atoms with Crippen LogP contribution in [0.1, 0.15) is 23.7 Å². The first-order valence-electron chi connectivity index (χ1n) is 5.43. The van der Waals surface area contributed by atoms with Crippen molar-refractivity contribution >= 4 is 11.7 Å². The van der Waals surface area contributed by atoms with E-state index in [1.807, 2.05) is 6.92 Å². The van der Waals surface area contributed by atoms with E-state index in [0.29, 0.717) is 6.42 Å². The Hall–Kier alpha value is -1.98. The fourth-order valence-corrected chi connectivity index (χ4v) is 1.41. The van der Waals surface area contributed by atoms with Crippen LogP contribution in [0.4, 0.5) is 10.1 Å². The quantitative estimate of drug-likeness (QED) is 0.645. The molecule has 0 saturated carbocycles. The van der Waals surface area contributed by atoms with Crippen molar-refractivity contribution in [3.05, 3.63) is 17.4 Å². The van der Waals surface area contributed by atoms with Gasteiger partial charge in [0, 0.05) is 6.07 Å². The van der Waals surface area contributed by atoms with E-state index >= 15 is 0 Å². The highest BCUT2D eigenvalue weighted by atomic mass is 19.1. The van der Waals surface area contributed by atoms with Gasteiger partial charge in [-0.2, -0.15) is 0 Å². The average Bonchev–Trinajstić information content (AvgIpc) is 2.37. The number of nitrogens with two attached hydrogens (primary N) is 1. The van der Waals surface area contributed by atoms with E-state index in [0.717, 1.165) is 0 Å². The summed E-state index contributed by atoms with van der Waals surface area (Å²) in [7, 11) is 2.65. The zero-order valence-corrected chi connectivity index (χ0v) is 10.6. The smallest absolute Gasteiger partial charge is 0.343 e. The number of ether oxygens (including phenoxy) is 3. The molecule has 0 atom stereocenters. The van der Waals surface area contributed by atoms with Crippen LogP contribution in [0.5, 0.6) is 11.5 Å². The van der Waals surface area contributed by atoms with E-state index in [2.05, 4.69) is 0 Å². The summed E-state index contributed by atoms with van der Waals surface area (Å²) in [5.74, 6) is -1.64. The summed E-state index contributed by atoms with van der Waals surface area (Å²) in [6.07, 6.45) is 0.633. The lowest BCUT2D eigenvalue weighted by molar-refractivity contribution is 0.0500. The summed E-state index contributed by atoms with van der Waals surface area (Å²) >= 11 is 0. The highest BCUT2D eigenvalue weighted by Gasteiger charge is 2.24. The van der Waals surface area contributed by atoms with Gasteiger partial charge in [-0.25, -0.2) is 9.18 Å². The number of rotatable bonds is 5. The zero-order chi connectivity index (χ0) is 13.7. The van der Waals surface area contributed by atoms with Crippen molar-refractivity contribution in [2.75, 3.05) is 26.6 Å². The third kappa shape index (κ3) is 2.64. The Bertz CT molecular complexity index is 420. The van der Waals surface area contributed by atoms with Gasteiger partial charge in [-0.3, -0.25) is 0 Å². The van der Waals surface area contributed by atoms with Gasteiger partial charge in [-0.15, -0.1) is 0 Å². The van der Waals surface area contributed by atoms with Crippen LogP contribution < -0.4 is 15.2 Å². The van der Waals surface area contributed by atoms with Crippen molar-refractivity contribution in [1.29, 1.82) is 0 Å². The van der Waals surface area contributed by atoms with Crippen LogP contribution in [-0.2, 0) is 4.74 Å². The maximum atomic E-state index is 14.0. The van der Waals surface area contributed by atoms with E-state index in [-0.39, 0.29) is 29.4 Å². The number of hydrogen-bond donors (Lipinski definition) is 1. The summed E-state index contributed by atoms with van der Waals surface area (Å²) in [4.78, 5) is 11.7. The Morgan fingerprint density at radius 2 is 1.94 bits per heavy atom. The molecule has 0 heterocycles. The van der Waals surface area contributed by atoms with Gasteiger partial charge >= 0.3 is 5.97 Å². The lowest BCUT2D eigenvalue weighted by Crippen LogP contribution is -2.13. The predicted octanol–water partition coefficient (Wildman–Crippen LogP) is 1.99. The van der Waals surface area contributed by atoms with Crippen LogP contribution in [0, 0.1) is 5.82 Å². The standard InChI is InChI=1S/C12H16FNO4/c1-4-5-18-12(15)9-10(13)7(16-2)6-8(17-3)11(9)14/h6H,4-5,14H2,1-3H3. The van der Waals surface area contributed by atoms with Crippen molar-refractivity contribution in [2.45, 2.75) is 13.3 Å². The van der Waals surface area contributed by atoms with Crippen molar-refractivity contribution in [2.24, 2.45) is 0 Å². The van der Waals surface area contributed by atoms with Gasteiger partial charge in [0.15, 0.2) is 11.6 Å². The molecule has 18 heavy (non-hydrogen) atoms. The topological polar surface area (TPSA) is 70.8 Å². The largest absolute Gasteiger partial charge is 0.494 e. The molecule has 0 fully saturated rings. The number of hydrogen-bond acceptors (Lipinski definition) is 5. The lowest BCUT2D eigenvalue weighted by Gasteiger charge is -2.13. The minimum absolute atomic E-state index is 0.100. The summed E-state index contributed by atoms with van der Waals surface area (Å²) in [6.45, 7) is 2.02. The molecular weight excluding hydrogens is 241 g/mol. The van der Waals surface area contributed by atoms with Crippen molar-refractivity contribution in [3.63, 3.8) is 0 Å². The van der Waals surface area contributed by atoms with E-state index < -0.39 is 11.8 Å². The first-order valence-corrected chi connectivity index (χ1v) is 5.43. The molecule has 1 aromatic rings. The Morgan fingerprint density at radius 1 is 1.33 bits per heavy atom. The molecule has 5 nitrogen and oxygen atoms in total. The SMILES string of the molecule is CCCOC(=O)c1c(N)c(OC)cc(OC)c1F. The number of benzene rings is 1. The van der Waals surface area contributed by atoms with Gasteiger partial charge < -0.3 is 19.9 Å². The second-order valence-corrected chi connectivity index (χ2v) is 3.52. The Morgan fingerprint density at radius 3 is 2.44 bits per heavy atom. The molecule has 2 N–H and O–H groups in total. The first kappa shape index (κ1) is 14.1. The molecule has 0 aliphatic carbocycles. The summed E-state index contributed by atoms with van der Waals surface area (Å²) in [5.41, 5.74) is 5.21. The van der Waals surface area contributed by atoms with Crippen LogP contribution in [0.15, 0.2) is 6.07 Å².